The third kappa shape index (κ3) is 2.18. The molecule has 0 saturated heterocycles. The van der Waals surface area contributed by atoms with E-state index in [9.17, 15) is 9.59 Å². The van der Waals surface area contributed by atoms with Crippen molar-refractivity contribution in [1.82, 2.24) is 9.97 Å². The average molecular weight is 234 g/mol. The molecule has 0 amide bonds. The van der Waals surface area contributed by atoms with Gasteiger partial charge in [-0.05, 0) is 6.42 Å². The van der Waals surface area contributed by atoms with Crippen LogP contribution in [0.25, 0.3) is 0 Å². The monoisotopic (exact) mass is 234 g/mol. The van der Waals surface area contributed by atoms with E-state index < -0.39 is 5.97 Å². The first kappa shape index (κ1) is 11.7. The number of carboxylic acid groups (broad SMARTS) is 1. The van der Waals surface area contributed by atoms with E-state index in [0.717, 1.165) is 0 Å². The van der Waals surface area contributed by atoms with Gasteiger partial charge in [-0.15, -0.1) is 0 Å². The number of ketones is 1. The van der Waals surface area contributed by atoms with Crippen LogP contribution >= 0.6 is 0 Å². The summed E-state index contributed by atoms with van der Waals surface area (Å²) in [5.41, 5.74) is 1.52. The summed E-state index contributed by atoms with van der Waals surface area (Å²) in [6, 6.07) is 0. The molecule has 0 radical (unpaired) electrons. The number of aromatic nitrogens is 2. The molecule has 1 heterocycles. The zero-order valence-electron chi connectivity index (χ0n) is 9.86. The fourth-order valence-corrected chi connectivity index (χ4v) is 1.97. The molecule has 90 valence electrons. The number of rotatable bonds is 3. The van der Waals surface area contributed by atoms with Crippen molar-refractivity contribution in [1.29, 1.82) is 0 Å². The van der Waals surface area contributed by atoms with Crippen LogP contribution in [0, 0.1) is 0 Å². The van der Waals surface area contributed by atoms with E-state index in [4.69, 9.17) is 5.11 Å². The third-order valence-electron chi connectivity index (χ3n) is 2.78. The van der Waals surface area contributed by atoms with Gasteiger partial charge in [0.2, 0.25) is 0 Å². The molecule has 0 aliphatic heterocycles. The predicted octanol–water partition coefficient (Wildman–Crippen LogP) is 1.36. The molecule has 0 saturated carbocycles. The minimum Gasteiger partial charge on any atom is -0.481 e. The lowest BCUT2D eigenvalue weighted by molar-refractivity contribution is -0.136. The highest BCUT2D eigenvalue weighted by Gasteiger charge is 2.27. The first-order valence-electron chi connectivity index (χ1n) is 5.63. The topological polar surface area (TPSA) is 80.2 Å². The summed E-state index contributed by atoms with van der Waals surface area (Å²) in [4.78, 5) is 31.0. The van der Waals surface area contributed by atoms with Crippen molar-refractivity contribution >= 4 is 11.8 Å². The van der Waals surface area contributed by atoms with E-state index >= 15 is 0 Å². The Hall–Kier alpha value is -1.78. The highest BCUT2D eigenvalue weighted by molar-refractivity contribution is 6.01. The molecule has 1 N–H and O–H groups in total. The van der Waals surface area contributed by atoms with Gasteiger partial charge in [-0.2, -0.15) is 0 Å². The summed E-state index contributed by atoms with van der Waals surface area (Å²) < 4.78 is 0. The molecular formula is C12H14N2O3. The Morgan fingerprint density at radius 1 is 1.35 bits per heavy atom. The Balaban J connectivity index is 2.54. The van der Waals surface area contributed by atoms with Crippen LogP contribution in [0.3, 0.4) is 0 Å². The number of carbonyl (C=O) groups is 2. The molecule has 0 fully saturated rings. The Kier molecular flexibility index (Phi) is 2.92. The summed E-state index contributed by atoms with van der Waals surface area (Å²) in [7, 11) is 0. The second-order valence-corrected chi connectivity index (χ2v) is 4.50. The number of hydrogen-bond acceptors (Lipinski definition) is 4. The van der Waals surface area contributed by atoms with Gasteiger partial charge in [0.1, 0.15) is 5.82 Å². The number of carboxylic acids is 1. The van der Waals surface area contributed by atoms with Crippen molar-refractivity contribution in [2.75, 3.05) is 0 Å². The third-order valence-corrected chi connectivity index (χ3v) is 2.78. The fourth-order valence-electron chi connectivity index (χ4n) is 1.97. The van der Waals surface area contributed by atoms with Crippen LogP contribution in [-0.2, 0) is 17.6 Å². The maximum absolute atomic E-state index is 11.7. The average Bonchev–Trinajstić information content (AvgIpc) is 2.59. The minimum absolute atomic E-state index is 0.0356. The molecule has 0 bridgehead atoms. The van der Waals surface area contributed by atoms with Gasteiger partial charge >= 0.3 is 5.97 Å². The summed E-state index contributed by atoms with van der Waals surface area (Å²) in [5, 5.41) is 8.84. The summed E-state index contributed by atoms with van der Waals surface area (Å²) >= 11 is 0. The maximum atomic E-state index is 11.7. The molecule has 0 atom stereocenters. The highest BCUT2D eigenvalue weighted by atomic mass is 16.4. The van der Waals surface area contributed by atoms with Gasteiger partial charge in [0.15, 0.2) is 5.78 Å². The molecule has 2 rings (SSSR count). The molecule has 0 spiro atoms. The van der Waals surface area contributed by atoms with E-state index in [-0.39, 0.29) is 18.1 Å². The van der Waals surface area contributed by atoms with Crippen LogP contribution < -0.4 is 0 Å². The first-order chi connectivity index (χ1) is 7.99. The summed E-state index contributed by atoms with van der Waals surface area (Å²) in [6.07, 6.45) is 0.803. The SMILES string of the molecule is CC(C)c1nc2c(c(CC(=O)O)n1)C(=O)CC2. The molecule has 0 unspecified atom stereocenters. The van der Waals surface area contributed by atoms with Gasteiger partial charge < -0.3 is 5.11 Å². The van der Waals surface area contributed by atoms with E-state index in [1.54, 1.807) is 0 Å². The number of nitrogens with zero attached hydrogens (tertiary/aromatic N) is 2. The van der Waals surface area contributed by atoms with Crippen LogP contribution in [0.15, 0.2) is 0 Å². The molecule has 1 aromatic rings. The summed E-state index contributed by atoms with van der Waals surface area (Å²) in [6.45, 7) is 3.89. The van der Waals surface area contributed by atoms with Gasteiger partial charge in [-0.3, -0.25) is 9.59 Å². The zero-order valence-corrected chi connectivity index (χ0v) is 9.86. The van der Waals surface area contributed by atoms with Crippen LogP contribution in [0.5, 0.6) is 0 Å². The van der Waals surface area contributed by atoms with E-state index in [1.807, 2.05) is 13.8 Å². The van der Waals surface area contributed by atoms with Crippen LogP contribution in [-0.4, -0.2) is 26.8 Å². The lowest BCUT2D eigenvalue weighted by Gasteiger charge is -2.09. The number of hydrogen-bond donors (Lipinski definition) is 1. The Morgan fingerprint density at radius 2 is 2.06 bits per heavy atom. The highest BCUT2D eigenvalue weighted by Crippen LogP contribution is 2.25. The number of aliphatic carboxylic acids is 1. The van der Waals surface area contributed by atoms with Gasteiger partial charge in [0, 0.05) is 12.3 Å². The fraction of sp³-hybridized carbons (Fsp3) is 0.500. The number of carbonyl (C=O) groups excluding carboxylic acids is 1. The smallest absolute Gasteiger partial charge is 0.309 e. The molecule has 1 aliphatic carbocycles. The van der Waals surface area contributed by atoms with E-state index in [0.29, 0.717) is 35.6 Å². The Morgan fingerprint density at radius 3 is 2.65 bits per heavy atom. The lowest BCUT2D eigenvalue weighted by atomic mass is 10.1. The molecule has 5 heteroatoms. The first-order valence-corrected chi connectivity index (χ1v) is 5.63. The standard InChI is InChI=1S/C12H14N2O3/c1-6(2)12-13-7-3-4-9(15)11(7)8(14-12)5-10(16)17/h6H,3-5H2,1-2H3,(H,16,17). The van der Waals surface area contributed by atoms with Crippen molar-refractivity contribution in [2.24, 2.45) is 0 Å². The van der Waals surface area contributed by atoms with E-state index in [2.05, 4.69) is 9.97 Å². The van der Waals surface area contributed by atoms with Crippen LogP contribution in [0.1, 0.15) is 53.8 Å². The number of aryl methyl sites for hydroxylation is 1. The Bertz CT molecular complexity index is 495. The molecule has 0 aromatic carbocycles. The number of fused-ring (bicyclic) bond motifs is 1. The van der Waals surface area contributed by atoms with Crippen molar-refractivity contribution in [2.45, 2.75) is 39.0 Å². The largest absolute Gasteiger partial charge is 0.481 e. The normalized spacial score (nSPS) is 14.2. The number of Topliss-reactive ketones (excluding diaryl/α,β-unsaturated/α-hetero) is 1. The molecule has 17 heavy (non-hydrogen) atoms. The quantitative estimate of drug-likeness (QED) is 0.854. The summed E-state index contributed by atoms with van der Waals surface area (Å²) in [5.74, 6) is -0.259. The molecule has 1 aliphatic rings. The maximum Gasteiger partial charge on any atom is 0.309 e. The van der Waals surface area contributed by atoms with Gasteiger partial charge in [-0.25, -0.2) is 9.97 Å². The Labute approximate surface area is 98.9 Å². The van der Waals surface area contributed by atoms with Crippen molar-refractivity contribution < 1.29 is 14.7 Å². The second-order valence-electron chi connectivity index (χ2n) is 4.50. The molecule has 1 aromatic heterocycles. The lowest BCUT2D eigenvalue weighted by Crippen LogP contribution is -2.13. The van der Waals surface area contributed by atoms with Crippen LogP contribution in [0.4, 0.5) is 0 Å². The van der Waals surface area contributed by atoms with E-state index in [1.165, 1.54) is 0 Å². The van der Waals surface area contributed by atoms with Gasteiger partial charge in [0.05, 0.1) is 23.4 Å². The molecule has 5 nitrogen and oxygen atoms in total. The minimum atomic E-state index is -0.972. The van der Waals surface area contributed by atoms with Crippen molar-refractivity contribution in [3.63, 3.8) is 0 Å². The van der Waals surface area contributed by atoms with Crippen molar-refractivity contribution in [3.8, 4) is 0 Å². The second kappa shape index (κ2) is 4.24. The molecular weight excluding hydrogens is 220 g/mol. The van der Waals surface area contributed by atoms with Gasteiger partial charge in [-0.1, -0.05) is 13.8 Å². The van der Waals surface area contributed by atoms with Crippen molar-refractivity contribution in [3.05, 3.63) is 22.8 Å². The van der Waals surface area contributed by atoms with Crippen LogP contribution in [0.2, 0.25) is 0 Å². The van der Waals surface area contributed by atoms with Gasteiger partial charge in [0.25, 0.3) is 0 Å². The zero-order chi connectivity index (χ0) is 12.6. The predicted molar refractivity (Wildman–Crippen MR) is 60.1 cm³/mol.